The molecule has 0 heterocycles. The SMILES string of the molecule is C=CC(O)C(=NC(C)C)[Si](C)(C)C. The second kappa shape index (κ2) is 4.72. The van der Waals surface area contributed by atoms with Gasteiger partial charge in [0.15, 0.2) is 0 Å². The summed E-state index contributed by atoms with van der Waals surface area (Å²) in [6.07, 6.45) is 0.994. The third-order valence-electron chi connectivity index (χ3n) is 1.67. The third-order valence-corrected chi connectivity index (χ3v) is 3.63. The van der Waals surface area contributed by atoms with Gasteiger partial charge in [0, 0.05) is 11.4 Å². The van der Waals surface area contributed by atoms with E-state index in [0.717, 1.165) is 5.33 Å². The van der Waals surface area contributed by atoms with Gasteiger partial charge in [-0.3, -0.25) is 4.99 Å². The molecule has 1 atom stereocenters. The van der Waals surface area contributed by atoms with Crippen molar-refractivity contribution in [1.82, 2.24) is 0 Å². The number of hydrogen-bond donors (Lipinski definition) is 1. The van der Waals surface area contributed by atoms with Crippen LogP contribution >= 0.6 is 0 Å². The smallest absolute Gasteiger partial charge is 0.105 e. The number of aliphatic imine (C=N–C) groups is 1. The van der Waals surface area contributed by atoms with Gasteiger partial charge in [0.25, 0.3) is 0 Å². The van der Waals surface area contributed by atoms with Gasteiger partial charge in [0.2, 0.25) is 0 Å². The molecular weight excluding hydrogens is 178 g/mol. The number of rotatable bonds is 4. The van der Waals surface area contributed by atoms with Gasteiger partial charge in [0.05, 0.1) is 8.07 Å². The van der Waals surface area contributed by atoms with E-state index in [0.29, 0.717) is 0 Å². The van der Waals surface area contributed by atoms with Crippen molar-refractivity contribution in [2.75, 3.05) is 0 Å². The molecule has 2 nitrogen and oxygen atoms in total. The summed E-state index contributed by atoms with van der Waals surface area (Å²) in [6.45, 7) is 14.2. The van der Waals surface area contributed by atoms with Gasteiger partial charge in [-0.05, 0) is 13.8 Å². The van der Waals surface area contributed by atoms with Gasteiger partial charge in [-0.2, -0.15) is 0 Å². The van der Waals surface area contributed by atoms with Crippen molar-refractivity contribution >= 4 is 13.4 Å². The molecule has 0 saturated heterocycles. The first kappa shape index (κ1) is 12.6. The summed E-state index contributed by atoms with van der Waals surface area (Å²) < 4.78 is 0. The van der Waals surface area contributed by atoms with Crippen LogP contribution in [0.1, 0.15) is 13.8 Å². The lowest BCUT2D eigenvalue weighted by atomic mass is 10.3. The topological polar surface area (TPSA) is 32.6 Å². The van der Waals surface area contributed by atoms with Crippen molar-refractivity contribution in [2.24, 2.45) is 4.99 Å². The highest BCUT2D eigenvalue weighted by atomic mass is 28.3. The molecule has 0 aromatic heterocycles. The van der Waals surface area contributed by atoms with Crippen LogP contribution < -0.4 is 0 Å². The van der Waals surface area contributed by atoms with Gasteiger partial charge in [-0.1, -0.05) is 25.7 Å². The summed E-state index contributed by atoms with van der Waals surface area (Å²) in [4.78, 5) is 4.48. The third kappa shape index (κ3) is 4.38. The predicted octanol–water partition coefficient (Wildman–Crippen LogP) is 2.26. The fourth-order valence-electron chi connectivity index (χ4n) is 1.10. The van der Waals surface area contributed by atoms with E-state index in [4.69, 9.17) is 0 Å². The fraction of sp³-hybridized carbons (Fsp3) is 0.700. The Morgan fingerprint density at radius 2 is 1.85 bits per heavy atom. The Hall–Kier alpha value is -0.413. The zero-order valence-electron chi connectivity index (χ0n) is 9.33. The van der Waals surface area contributed by atoms with Crippen molar-refractivity contribution in [1.29, 1.82) is 0 Å². The van der Waals surface area contributed by atoms with Crippen molar-refractivity contribution in [3.05, 3.63) is 12.7 Å². The molecule has 0 radical (unpaired) electrons. The molecule has 1 N–H and O–H groups in total. The maximum atomic E-state index is 9.69. The maximum Gasteiger partial charge on any atom is 0.105 e. The van der Waals surface area contributed by atoms with Crippen LogP contribution in [0.2, 0.25) is 19.6 Å². The highest BCUT2D eigenvalue weighted by molar-refractivity contribution is 7.05. The zero-order valence-corrected chi connectivity index (χ0v) is 10.3. The molecule has 0 aliphatic heterocycles. The molecule has 0 aliphatic carbocycles. The van der Waals surface area contributed by atoms with Crippen molar-refractivity contribution in [3.8, 4) is 0 Å². The molecule has 0 bridgehead atoms. The molecule has 0 rings (SSSR count). The van der Waals surface area contributed by atoms with E-state index in [9.17, 15) is 5.11 Å². The van der Waals surface area contributed by atoms with E-state index in [2.05, 4.69) is 31.2 Å². The number of aliphatic hydroxyl groups is 1. The maximum absolute atomic E-state index is 9.69. The lowest BCUT2D eigenvalue weighted by Crippen LogP contribution is -2.41. The molecule has 0 fully saturated rings. The Bertz CT molecular complexity index is 203. The molecule has 0 spiro atoms. The molecule has 76 valence electrons. The second-order valence-electron chi connectivity index (χ2n) is 4.54. The summed E-state index contributed by atoms with van der Waals surface area (Å²) in [5, 5.41) is 10.6. The normalized spacial score (nSPS) is 16.1. The highest BCUT2D eigenvalue weighted by Gasteiger charge is 2.26. The van der Waals surface area contributed by atoms with Crippen molar-refractivity contribution in [3.63, 3.8) is 0 Å². The standard InChI is InChI=1S/C10H21NOSi/c1-7-9(12)10(11-8(2)3)13(4,5)6/h7-9,12H,1H2,2-6H3. The summed E-state index contributed by atoms with van der Waals surface area (Å²) in [5.74, 6) is 0. The van der Waals surface area contributed by atoms with Crippen molar-refractivity contribution in [2.45, 2.75) is 45.6 Å². The van der Waals surface area contributed by atoms with E-state index in [1.54, 1.807) is 6.08 Å². The summed E-state index contributed by atoms with van der Waals surface area (Å²) in [6, 6.07) is 0.247. The van der Waals surface area contributed by atoms with Gasteiger partial charge >= 0.3 is 0 Å². The van der Waals surface area contributed by atoms with Gasteiger partial charge in [0.1, 0.15) is 6.10 Å². The largest absolute Gasteiger partial charge is 0.383 e. The van der Waals surface area contributed by atoms with Crippen LogP contribution in [0.25, 0.3) is 0 Å². The lowest BCUT2D eigenvalue weighted by molar-refractivity contribution is 0.290. The van der Waals surface area contributed by atoms with E-state index >= 15 is 0 Å². The van der Waals surface area contributed by atoms with Gasteiger partial charge < -0.3 is 5.11 Å². The van der Waals surface area contributed by atoms with Crippen LogP contribution in [0.5, 0.6) is 0 Å². The van der Waals surface area contributed by atoms with Crippen LogP contribution in [0.4, 0.5) is 0 Å². The van der Waals surface area contributed by atoms with Crippen LogP contribution in [0.15, 0.2) is 17.6 Å². The molecular formula is C10H21NOSi. The first-order valence-electron chi connectivity index (χ1n) is 4.67. The monoisotopic (exact) mass is 199 g/mol. The molecule has 0 aromatic carbocycles. The Kier molecular flexibility index (Phi) is 4.57. The molecule has 13 heavy (non-hydrogen) atoms. The second-order valence-corrected chi connectivity index (χ2v) is 9.55. The van der Waals surface area contributed by atoms with Crippen LogP contribution in [-0.4, -0.2) is 30.7 Å². The van der Waals surface area contributed by atoms with Gasteiger partial charge in [-0.15, -0.1) is 6.58 Å². The number of nitrogens with zero attached hydrogens (tertiary/aromatic N) is 1. The molecule has 3 heteroatoms. The van der Waals surface area contributed by atoms with E-state index in [1.807, 2.05) is 13.8 Å². The minimum Gasteiger partial charge on any atom is -0.383 e. The number of aliphatic hydroxyl groups excluding tert-OH is 1. The fourth-order valence-corrected chi connectivity index (χ4v) is 2.75. The molecule has 0 amide bonds. The Morgan fingerprint density at radius 3 is 2.08 bits per heavy atom. The van der Waals surface area contributed by atoms with E-state index in [-0.39, 0.29) is 6.04 Å². The quantitative estimate of drug-likeness (QED) is 0.420. The summed E-state index contributed by atoms with van der Waals surface area (Å²) >= 11 is 0. The average Bonchev–Trinajstić information content (AvgIpc) is 1.96. The zero-order chi connectivity index (χ0) is 10.6. The predicted molar refractivity (Wildman–Crippen MR) is 62.1 cm³/mol. The Balaban J connectivity index is 4.87. The number of hydrogen-bond acceptors (Lipinski definition) is 2. The summed E-state index contributed by atoms with van der Waals surface area (Å²) in [7, 11) is -1.50. The minimum absolute atomic E-state index is 0.247. The highest BCUT2D eigenvalue weighted by Crippen LogP contribution is 2.10. The molecule has 0 saturated carbocycles. The van der Waals surface area contributed by atoms with E-state index in [1.165, 1.54) is 0 Å². The first-order chi connectivity index (χ1) is 5.79. The van der Waals surface area contributed by atoms with Crippen molar-refractivity contribution < 1.29 is 5.11 Å². The minimum atomic E-state index is -1.50. The lowest BCUT2D eigenvalue weighted by Gasteiger charge is -2.23. The molecule has 0 aliphatic rings. The van der Waals surface area contributed by atoms with Gasteiger partial charge in [-0.25, -0.2) is 0 Å². The average molecular weight is 199 g/mol. The molecule has 0 aromatic rings. The Labute approximate surface area is 82.4 Å². The van der Waals surface area contributed by atoms with E-state index < -0.39 is 14.2 Å². The Morgan fingerprint density at radius 1 is 1.38 bits per heavy atom. The summed E-state index contributed by atoms with van der Waals surface area (Å²) in [5.41, 5.74) is 0. The first-order valence-corrected chi connectivity index (χ1v) is 8.17. The van der Waals surface area contributed by atoms with Crippen LogP contribution in [0.3, 0.4) is 0 Å². The van der Waals surface area contributed by atoms with Crippen LogP contribution in [0, 0.1) is 0 Å². The molecule has 1 unspecified atom stereocenters. The van der Waals surface area contributed by atoms with Crippen LogP contribution in [-0.2, 0) is 0 Å².